The van der Waals surface area contributed by atoms with Crippen molar-refractivity contribution in [1.82, 2.24) is 14.3 Å². The summed E-state index contributed by atoms with van der Waals surface area (Å²) < 4.78 is 15.5. The van der Waals surface area contributed by atoms with Gasteiger partial charge in [0.1, 0.15) is 17.5 Å². The third kappa shape index (κ3) is 3.21. The summed E-state index contributed by atoms with van der Waals surface area (Å²) in [5.74, 6) is -0.488. The average molecular weight is 348 g/mol. The largest absolute Gasteiger partial charge is 0.306 e. The maximum Gasteiger partial charge on any atom is 0.140 e. The molecule has 0 radical (unpaired) electrons. The summed E-state index contributed by atoms with van der Waals surface area (Å²) in [5, 5.41) is 9.02. The standard InChI is InChI=1S/C21H21FN4/c1-15-3-2-9-25(15)10-8-19-14-26-13-17(5-7-21(26)24-19)16-4-6-20(22)18(11-16)12-23/h4-7,11,13-15H,2-3,8-10H2,1H3. The summed E-state index contributed by atoms with van der Waals surface area (Å²) in [6, 6.07) is 11.1. The Balaban J connectivity index is 1.57. The van der Waals surface area contributed by atoms with E-state index in [2.05, 4.69) is 18.0 Å². The van der Waals surface area contributed by atoms with E-state index in [0.717, 1.165) is 35.4 Å². The van der Waals surface area contributed by atoms with Crippen LogP contribution in [0, 0.1) is 17.1 Å². The summed E-state index contributed by atoms with van der Waals surface area (Å²) in [6.45, 7) is 4.52. The minimum absolute atomic E-state index is 0.0636. The Morgan fingerprint density at radius 1 is 1.23 bits per heavy atom. The van der Waals surface area contributed by atoms with Crippen molar-refractivity contribution in [3.8, 4) is 17.2 Å². The number of halogens is 1. The van der Waals surface area contributed by atoms with Crippen LogP contribution >= 0.6 is 0 Å². The number of fused-ring (bicyclic) bond motifs is 1. The van der Waals surface area contributed by atoms with E-state index in [4.69, 9.17) is 10.2 Å². The Hall–Kier alpha value is -2.71. The molecule has 3 heterocycles. The molecule has 0 saturated carbocycles. The molecule has 3 aromatic rings. The third-order valence-electron chi connectivity index (χ3n) is 5.27. The van der Waals surface area contributed by atoms with E-state index in [1.165, 1.54) is 25.5 Å². The first-order chi connectivity index (χ1) is 12.6. The van der Waals surface area contributed by atoms with Crippen molar-refractivity contribution in [2.24, 2.45) is 0 Å². The number of nitrogens with zero attached hydrogens (tertiary/aromatic N) is 4. The number of benzene rings is 1. The van der Waals surface area contributed by atoms with Crippen molar-refractivity contribution < 1.29 is 4.39 Å². The molecule has 0 spiro atoms. The first kappa shape index (κ1) is 16.7. The highest BCUT2D eigenvalue weighted by Gasteiger charge is 2.19. The predicted octanol–water partition coefficient (Wildman–Crippen LogP) is 4.04. The molecule has 26 heavy (non-hydrogen) atoms. The van der Waals surface area contributed by atoms with Crippen molar-refractivity contribution >= 4 is 5.65 Å². The fourth-order valence-corrected chi connectivity index (χ4v) is 3.71. The molecule has 1 aromatic carbocycles. The third-order valence-corrected chi connectivity index (χ3v) is 5.27. The number of likely N-dealkylation sites (tertiary alicyclic amines) is 1. The Bertz CT molecular complexity index is 985. The monoisotopic (exact) mass is 348 g/mol. The van der Waals surface area contributed by atoms with Crippen LogP contribution in [-0.4, -0.2) is 33.4 Å². The molecule has 1 atom stereocenters. The SMILES string of the molecule is CC1CCCN1CCc1cn2cc(-c3ccc(F)c(C#N)c3)ccc2n1. The van der Waals surface area contributed by atoms with Gasteiger partial charge in [0, 0.05) is 31.4 Å². The lowest BCUT2D eigenvalue weighted by Crippen LogP contribution is -2.29. The van der Waals surface area contributed by atoms with E-state index < -0.39 is 5.82 Å². The summed E-state index contributed by atoms with van der Waals surface area (Å²) >= 11 is 0. The molecule has 132 valence electrons. The molecule has 5 heteroatoms. The van der Waals surface area contributed by atoms with Crippen LogP contribution in [0.5, 0.6) is 0 Å². The molecular weight excluding hydrogens is 327 g/mol. The van der Waals surface area contributed by atoms with Crippen LogP contribution in [0.1, 0.15) is 31.0 Å². The van der Waals surface area contributed by atoms with Gasteiger partial charge >= 0.3 is 0 Å². The van der Waals surface area contributed by atoms with Gasteiger partial charge in [-0.1, -0.05) is 6.07 Å². The van der Waals surface area contributed by atoms with E-state index in [9.17, 15) is 4.39 Å². The van der Waals surface area contributed by atoms with Gasteiger partial charge in [0.2, 0.25) is 0 Å². The Morgan fingerprint density at radius 3 is 2.85 bits per heavy atom. The second-order valence-corrected chi connectivity index (χ2v) is 7.00. The molecule has 0 aliphatic carbocycles. The zero-order valence-corrected chi connectivity index (χ0v) is 14.8. The molecule has 2 aromatic heterocycles. The van der Waals surface area contributed by atoms with Crippen LogP contribution in [0.15, 0.2) is 42.7 Å². The molecule has 1 aliphatic heterocycles. The fraction of sp³-hybridized carbons (Fsp3) is 0.333. The molecule has 1 aliphatic rings. The van der Waals surface area contributed by atoms with Gasteiger partial charge in [-0.25, -0.2) is 9.37 Å². The number of nitriles is 1. The summed E-state index contributed by atoms with van der Waals surface area (Å²) in [4.78, 5) is 7.23. The van der Waals surface area contributed by atoms with Crippen molar-refractivity contribution in [2.75, 3.05) is 13.1 Å². The van der Waals surface area contributed by atoms with E-state index in [1.807, 2.05) is 28.8 Å². The van der Waals surface area contributed by atoms with E-state index >= 15 is 0 Å². The first-order valence-corrected chi connectivity index (χ1v) is 9.06. The van der Waals surface area contributed by atoms with Crippen molar-refractivity contribution in [3.05, 3.63) is 59.8 Å². The highest BCUT2D eigenvalue weighted by atomic mass is 19.1. The minimum Gasteiger partial charge on any atom is -0.306 e. The number of hydrogen-bond acceptors (Lipinski definition) is 3. The van der Waals surface area contributed by atoms with Crippen molar-refractivity contribution in [2.45, 2.75) is 32.2 Å². The number of rotatable bonds is 4. The maximum atomic E-state index is 13.5. The molecule has 1 fully saturated rings. The minimum atomic E-state index is -0.488. The number of pyridine rings is 1. The number of hydrogen-bond donors (Lipinski definition) is 0. The van der Waals surface area contributed by atoms with Gasteiger partial charge < -0.3 is 9.30 Å². The van der Waals surface area contributed by atoms with Crippen LogP contribution in [0.3, 0.4) is 0 Å². The highest BCUT2D eigenvalue weighted by molar-refractivity contribution is 5.66. The van der Waals surface area contributed by atoms with Gasteiger partial charge in [-0.05, 0) is 61.7 Å². The lowest BCUT2D eigenvalue weighted by Gasteiger charge is -2.19. The molecule has 0 N–H and O–H groups in total. The van der Waals surface area contributed by atoms with Gasteiger partial charge in [0.25, 0.3) is 0 Å². The first-order valence-electron chi connectivity index (χ1n) is 9.06. The van der Waals surface area contributed by atoms with E-state index in [1.54, 1.807) is 12.1 Å². The second kappa shape index (κ2) is 6.89. The lowest BCUT2D eigenvalue weighted by molar-refractivity contribution is 0.271. The predicted molar refractivity (Wildman–Crippen MR) is 99.3 cm³/mol. The number of imidazole rings is 1. The van der Waals surface area contributed by atoms with E-state index in [-0.39, 0.29) is 5.56 Å². The number of aromatic nitrogens is 2. The van der Waals surface area contributed by atoms with Crippen LogP contribution in [0.4, 0.5) is 4.39 Å². The van der Waals surface area contributed by atoms with Crippen LogP contribution < -0.4 is 0 Å². The van der Waals surface area contributed by atoms with Gasteiger partial charge in [-0.15, -0.1) is 0 Å². The Labute approximate surface area is 152 Å². The average Bonchev–Trinajstić information content (AvgIpc) is 3.25. The highest BCUT2D eigenvalue weighted by Crippen LogP contribution is 2.23. The Kier molecular flexibility index (Phi) is 4.44. The topological polar surface area (TPSA) is 44.3 Å². The Morgan fingerprint density at radius 2 is 2.08 bits per heavy atom. The van der Waals surface area contributed by atoms with Gasteiger partial charge in [0.15, 0.2) is 0 Å². The van der Waals surface area contributed by atoms with Gasteiger partial charge in [-0.3, -0.25) is 0 Å². The summed E-state index contributed by atoms with van der Waals surface area (Å²) in [6.07, 6.45) is 7.57. The zero-order chi connectivity index (χ0) is 18.1. The molecular formula is C21H21FN4. The van der Waals surface area contributed by atoms with Crippen LogP contribution in [0.2, 0.25) is 0 Å². The van der Waals surface area contributed by atoms with Gasteiger partial charge in [-0.2, -0.15) is 5.26 Å². The molecule has 0 bridgehead atoms. The summed E-state index contributed by atoms with van der Waals surface area (Å²) in [5.41, 5.74) is 3.81. The molecule has 4 rings (SSSR count). The van der Waals surface area contributed by atoms with Crippen LogP contribution in [-0.2, 0) is 6.42 Å². The second-order valence-electron chi connectivity index (χ2n) is 7.00. The fourth-order valence-electron chi connectivity index (χ4n) is 3.71. The smallest absolute Gasteiger partial charge is 0.140 e. The van der Waals surface area contributed by atoms with Crippen LogP contribution in [0.25, 0.3) is 16.8 Å². The quantitative estimate of drug-likeness (QED) is 0.715. The molecule has 1 saturated heterocycles. The molecule has 0 amide bonds. The van der Waals surface area contributed by atoms with Gasteiger partial charge in [0.05, 0.1) is 11.3 Å². The van der Waals surface area contributed by atoms with Crippen molar-refractivity contribution in [3.63, 3.8) is 0 Å². The van der Waals surface area contributed by atoms with E-state index in [0.29, 0.717) is 6.04 Å². The zero-order valence-electron chi connectivity index (χ0n) is 14.8. The van der Waals surface area contributed by atoms with Crippen molar-refractivity contribution in [1.29, 1.82) is 5.26 Å². The lowest BCUT2D eigenvalue weighted by atomic mass is 10.0. The summed E-state index contributed by atoms with van der Waals surface area (Å²) in [7, 11) is 0. The molecule has 4 nitrogen and oxygen atoms in total. The maximum absolute atomic E-state index is 13.5. The molecule has 1 unspecified atom stereocenters. The normalized spacial score (nSPS) is 17.7.